The van der Waals surface area contributed by atoms with Crippen LogP contribution < -0.4 is 4.31 Å². The summed E-state index contributed by atoms with van der Waals surface area (Å²) in [5.74, 6) is 0.222. The Balaban J connectivity index is 2.49. The number of nitrogens with zero attached hydrogens (tertiary/aromatic N) is 2. The van der Waals surface area contributed by atoms with E-state index in [1.807, 2.05) is 18.2 Å². The van der Waals surface area contributed by atoms with Gasteiger partial charge in [-0.25, -0.2) is 8.42 Å². The van der Waals surface area contributed by atoms with Crippen LogP contribution in [0.4, 0.5) is 5.69 Å². The Labute approximate surface area is 158 Å². The highest BCUT2D eigenvalue weighted by molar-refractivity contribution is 7.92. The van der Waals surface area contributed by atoms with Crippen molar-refractivity contribution < 1.29 is 13.2 Å². The molecule has 1 saturated heterocycles. The van der Waals surface area contributed by atoms with Crippen LogP contribution >= 0.6 is 0 Å². The van der Waals surface area contributed by atoms with E-state index in [9.17, 15) is 13.2 Å². The quantitative estimate of drug-likeness (QED) is 0.756. The van der Waals surface area contributed by atoms with Gasteiger partial charge in [-0.15, -0.1) is 0 Å². The Morgan fingerprint density at radius 3 is 1.96 bits per heavy atom. The van der Waals surface area contributed by atoms with E-state index in [-0.39, 0.29) is 24.3 Å². The van der Waals surface area contributed by atoms with Gasteiger partial charge >= 0.3 is 0 Å². The van der Waals surface area contributed by atoms with Gasteiger partial charge < -0.3 is 4.90 Å². The van der Waals surface area contributed by atoms with Crippen molar-refractivity contribution >= 4 is 21.6 Å². The minimum Gasteiger partial charge on any atom is -0.341 e. The number of piperidine rings is 1. The first-order valence-corrected chi connectivity index (χ1v) is 11.4. The second-order valence-corrected chi connectivity index (χ2v) is 9.71. The minimum absolute atomic E-state index is 0.108. The predicted molar refractivity (Wildman–Crippen MR) is 107 cm³/mol. The highest BCUT2D eigenvalue weighted by Gasteiger charge is 2.29. The molecule has 2 rings (SSSR count). The number of carbonyl (C=O) groups is 1. The summed E-state index contributed by atoms with van der Waals surface area (Å²) < 4.78 is 26.6. The highest BCUT2D eigenvalue weighted by atomic mass is 32.2. The van der Waals surface area contributed by atoms with Crippen molar-refractivity contribution in [3.05, 3.63) is 29.3 Å². The molecule has 0 aliphatic carbocycles. The Morgan fingerprint density at radius 2 is 1.54 bits per heavy atom. The standard InChI is InChI=1S/C20H32N2O3S/c1-15(2)17-10-9-11-18(16(3)4)20(17)22(26(5,24)25)14-19(23)21-12-7-6-8-13-21/h9-11,15-16H,6-8,12-14H2,1-5H3. The van der Waals surface area contributed by atoms with Crippen LogP contribution in [0.3, 0.4) is 0 Å². The molecule has 0 spiro atoms. The molecule has 146 valence electrons. The zero-order chi connectivity index (χ0) is 19.5. The van der Waals surface area contributed by atoms with Crippen LogP contribution in [0.2, 0.25) is 0 Å². The van der Waals surface area contributed by atoms with E-state index in [2.05, 4.69) is 27.7 Å². The molecule has 0 aromatic heterocycles. The number of carbonyl (C=O) groups excluding carboxylic acids is 1. The van der Waals surface area contributed by atoms with Gasteiger partial charge in [0.2, 0.25) is 15.9 Å². The van der Waals surface area contributed by atoms with Crippen LogP contribution in [-0.2, 0) is 14.8 Å². The van der Waals surface area contributed by atoms with Gasteiger partial charge in [-0.1, -0.05) is 45.9 Å². The maximum absolute atomic E-state index is 12.8. The third kappa shape index (κ3) is 4.78. The third-order valence-corrected chi connectivity index (χ3v) is 6.09. The second-order valence-electron chi connectivity index (χ2n) is 7.81. The van der Waals surface area contributed by atoms with Crippen molar-refractivity contribution in [2.75, 3.05) is 30.2 Å². The number of rotatable bonds is 6. The van der Waals surface area contributed by atoms with Crippen molar-refractivity contribution in [2.45, 2.75) is 58.8 Å². The van der Waals surface area contributed by atoms with Gasteiger partial charge in [-0.2, -0.15) is 0 Å². The molecule has 0 radical (unpaired) electrons. The van der Waals surface area contributed by atoms with E-state index in [0.29, 0.717) is 5.69 Å². The Morgan fingerprint density at radius 1 is 1.04 bits per heavy atom. The van der Waals surface area contributed by atoms with Crippen molar-refractivity contribution in [1.29, 1.82) is 0 Å². The molecule has 1 aromatic rings. The summed E-state index contributed by atoms with van der Waals surface area (Å²) >= 11 is 0. The number of amides is 1. The molecule has 0 atom stereocenters. The van der Waals surface area contributed by atoms with E-state index in [4.69, 9.17) is 0 Å². The largest absolute Gasteiger partial charge is 0.341 e. The summed E-state index contributed by atoms with van der Waals surface area (Å²) in [5, 5.41) is 0. The lowest BCUT2D eigenvalue weighted by Gasteiger charge is -2.33. The molecule has 26 heavy (non-hydrogen) atoms. The molecule has 0 saturated carbocycles. The summed E-state index contributed by atoms with van der Waals surface area (Å²) in [6.45, 7) is 9.53. The molecular formula is C20H32N2O3S. The van der Waals surface area contributed by atoms with Crippen LogP contribution in [0, 0.1) is 0 Å². The highest BCUT2D eigenvalue weighted by Crippen LogP contribution is 2.36. The summed E-state index contributed by atoms with van der Waals surface area (Å²) in [6, 6.07) is 5.91. The first-order valence-electron chi connectivity index (χ1n) is 9.51. The molecule has 1 aliphatic heterocycles. The molecule has 0 unspecified atom stereocenters. The number of sulfonamides is 1. The Hall–Kier alpha value is -1.56. The molecule has 1 heterocycles. The first kappa shape index (κ1) is 20.7. The number of para-hydroxylation sites is 1. The number of benzene rings is 1. The van der Waals surface area contributed by atoms with Gasteiger partial charge in [0.05, 0.1) is 11.9 Å². The van der Waals surface area contributed by atoms with Gasteiger partial charge in [-0.05, 0) is 42.2 Å². The third-order valence-electron chi connectivity index (χ3n) is 4.98. The average molecular weight is 381 g/mol. The lowest BCUT2D eigenvalue weighted by molar-refractivity contribution is -0.130. The summed E-state index contributed by atoms with van der Waals surface area (Å²) in [6.07, 6.45) is 4.31. The van der Waals surface area contributed by atoms with Crippen molar-refractivity contribution in [3.8, 4) is 0 Å². The fourth-order valence-electron chi connectivity index (χ4n) is 3.53. The molecule has 1 aliphatic rings. The van der Waals surface area contributed by atoms with E-state index in [1.54, 1.807) is 4.90 Å². The van der Waals surface area contributed by atoms with E-state index in [0.717, 1.165) is 43.5 Å². The van der Waals surface area contributed by atoms with E-state index >= 15 is 0 Å². The van der Waals surface area contributed by atoms with Gasteiger partial charge in [0, 0.05) is 13.1 Å². The smallest absolute Gasteiger partial charge is 0.243 e. The number of hydrogen-bond donors (Lipinski definition) is 0. The van der Waals surface area contributed by atoms with Crippen LogP contribution in [0.5, 0.6) is 0 Å². The number of anilines is 1. The minimum atomic E-state index is -3.58. The van der Waals surface area contributed by atoms with E-state index in [1.165, 1.54) is 10.6 Å². The summed E-state index contributed by atoms with van der Waals surface area (Å²) in [4.78, 5) is 14.6. The predicted octanol–water partition coefficient (Wildman–Crippen LogP) is 3.71. The zero-order valence-electron chi connectivity index (χ0n) is 16.7. The van der Waals surface area contributed by atoms with Gasteiger partial charge in [0.1, 0.15) is 6.54 Å². The first-order chi connectivity index (χ1) is 12.1. The number of hydrogen-bond acceptors (Lipinski definition) is 3. The fraction of sp³-hybridized carbons (Fsp3) is 0.650. The van der Waals surface area contributed by atoms with Crippen LogP contribution in [-0.4, -0.2) is 45.1 Å². The van der Waals surface area contributed by atoms with Gasteiger partial charge in [0.15, 0.2) is 0 Å². The lowest BCUT2D eigenvalue weighted by Crippen LogP contribution is -2.45. The van der Waals surface area contributed by atoms with Crippen molar-refractivity contribution in [2.24, 2.45) is 0 Å². The maximum Gasteiger partial charge on any atom is 0.243 e. The van der Waals surface area contributed by atoms with Crippen LogP contribution in [0.25, 0.3) is 0 Å². The van der Waals surface area contributed by atoms with Gasteiger partial charge in [0.25, 0.3) is 0 Å². The topological polar surface area (TPSA) is 57.7 Å². The zero-order valence-corrected chi connectivity index (χ0v) is 17.5. The lowest BCUT2D eigenvalue weighted by atomic mass is 9.92. The maximum atomic E-state index is 12.8. The Bertz CT molecular complexity index is 709. The average Bonchev–Trinajstić information content (AvgIpc) is 2.58. The van der Waals surface area contributed by atoms with Crippen LogP contribution in [0.15, 0.2) is 18.2 Å². The molecular weight excluding hydrogens is 348 g/mol. The second kappa shape index (κ2) is 8.42. The number of likely N-dealkylation sites (tertiary alicyclic amines) is 1. The molecule has 5 nitrogen and oxygen atoms in total. The SMILES string of the molecule is CC(C)c1cccc(C(C)C)c1N(CC(=O)N1CCCCC1)S(C)(=O)=O. The monoisotopic (exact) mass is 380 g/mol. The molecule has 0 N–H and O–H groups in total. The molecule has 6 heteroatoms. The van der Waals surface area contributed by atoms with Crippen molar-refractivity contribution in [3.63, 3.8) is 0 Å². The van der Waals surface area contributed by atoms with Crippen molar-refractivity contribution in [1.82, 2.24) is 4.90 Å². The normalized spacial score (nSPS) is 15.6. The van der Waals surface area contributed by atoms with Crippen LogP contribution in [0.1, 0.15) is 69.9 Å². The fourth-order valence-corrected chi connectivity index (χ4v) is 4.42. The summed E-state index contributed by atoms with van der Waals surface area (Å²) in [5.41, 5.74) is 2.62. The molecule has 1 amide bonds. The van der Waals surface area contributed by atoms with Gasteiger partial charge in [-0.3, -0.25) is 9.10 Å². The Kier molecular flexibility index (Phi) is 6.72. The summed E-state index contributed by atoms with van der Waals surface area (Å²) in [7, 11) is -3.58. The van der Waals surface area contributed by atoms with E-state index < -0.39 is 10.0 Å². The molecule has 1 aromatic carbocycles. The molecule has 1 fully saturated rings. The molecule has 0 bridgehead atoms.